The standard InChI is InChI=1S/C19H21FN2O3S/c1-3-22(19(24)13-26-17-9-7-14(20)8-10-17)12-18(23)21-15-5-4-6-16(11-15)25-2/h4-11H,3,12-13H2,1-2H3,(H,21,23). The van der Waals surface area contributed by atoms with Gasteiger partial charge >= 0.3 is 0 Å². The molecular formula is C19H21FN2O3S. The lowest BCUT2D eigenvalue weighted by atomic mass is 10.3. The van der Waals surface area contributed by atoms with Crippen LogP contribution >= 0.6 is 11.8 Å². The Balaban J connectivity index is 1.87. The molecule has 2 amide bonds. The Morgan fingerprint density at radius 1 is 1.19 bits per heavy atom. The molecule has 0 unspecified atom stereocenters. The van der Waals surface area contributed by atoms with Gasteiger partial charge in [-0.05, 0) is 43.3 Å². The Bertz CT molecular complexity index is 753. The van der Waals surface area contributed by atoms with Crippen LogP contribution in [0.3, 0.4) is 0 Å². The molecule has 1 N–H and O–H groups in total. The SMILES string of the molecule is CCN(CC(=O)Nc1cccc(OC)c1)C(=O)CSc1ccc(F)cc1. The van der Waals surface area contributed by atoms with E-state index in [2.05, 4.69) is 5.32 Å². The van der Waals surface area contributed by atoms with Crippen LogP contribution in [0.1, 0.15) is 6.92 Å². The highest BCUT2D eigenvalue weighted by molar-refractivity contribution is 8.00. The minimum absolute atomic E-state index is 0.0312. The highest BCUT2D eigenvalue weighted by Gasteiger charge is 2.16. The molecule has 0 saturated carbocycles. The van der Waals surface area contributed by atoms with Crippen molar-refractivity contribution in [2.24, 2.45) is 0 Å². The van der Waals surface area contributed by atoms with E-state index in [4.69, 9.17) is 4.74 Å². The largest absolute Gasteiger partial charge is 0.497 e. The first kappa shape index (κ1) is 19.8. The van der Waals surface area contributed by atoms with Gasteiger partial charge in [-0.15, -0.1) is 11.8 Å². The van der Waals surface area contributed by atoms with Gasteiger partial charge in [0.1, 0.15) is 11.6 Å². The molecular weight excluding hydrogens is 355 g/mol. The van der Waals surface area contributed by atoms with Crippen molar-refractivity contribution in [3.63, 3.8) is 0 Å². The summed E-state index contributed by atoms with van der Waals surface area (Å²) in [5.74, 6) is 0.0844. The van der Waals surface area contributed by atoms with Gasteiger partial charge in [0.25, 0.3) is 0 Å². The minimum Gasteiger partial charge on any atom is -0.497 e. The summed E-state index contributed by atoms with van der Waals surface area (Å²) in [6, 6.07) is 13.0. The Kier molecular flexibility index (Phi) is 7.47. The van der Waals surface area contributed by atoms with Crippen molar-refractivity contribution in [3.8, 4) is 5.75 Å². The molecule has 0 bridgehead atoms. The number of likely N-dealkylation sites (N-methyl/N-ethyl adjacent to an activating group) is 1. The van der Waals surface area contributed by atoms with E-state index in [0.29, 0.717) is 18.0 Å². The Hall–Kier alpha value is -2.54. The van der Waals surface area contributed by atoms with E-state index in [9.17, 15) is 14.0 Å². The molecule has 0 aliphatic rings. The maximum absolute atomic E-state index is 12.9. The predicted octanol–water partition coefficient (Wildman–Crippen LogP) is 3.41. The number of benzene rings is 2. The number of hydrogen-bond acceptors (Lipinski definition) is 4. The number of hydrogen-bond donors (Lipinski definition) is 1. The molecule has 0 saturated heterocycles. The average molecular weight is 376 g/mol. The number of anilines is 1. The molecule has 26 heavy (non-hydrogen) atoms. The van der Waals surface area contributed by atoms with Crippen LogP contribution in [0.4, 0.5) is 10.1 Å². The number of nitrogens with one attached hydrogen (secondary N) is 1. The maximum Gasteiger partial charge on any atom is 0.243 e. The molecule has 2 aromatic rings. The lowest BCUT2D eigenvalue weighted by Crippen LogP contribution is -2.38. The smallest absolute Gasteiger partial charge is 0.243 e. The third kappa shape index (κ3) is 6.07. The number of nitrogens with zero attached hydrogens (tertiary/aromatic N) is 1. The molecule has 0 aromatic heterocycles. The van der Waals surface area contributed by atoms with E-state index in [0.717, 1.165) is 4.90 Å². The van der Waals surface area contributed by atoms with E-state index in [1.54, 1.807) is 43.5 Å². The molecule has 0 aliphatic heterocycles. The second-order valence-electron chi connectivity index (χ2n) is 5.43. The van der Waals surface area contributed by atoms with Gasteiger partial charge in [0.2, 0.25) is 11.8 Å². The normalized spacial score (nSPS) is 10.3. The highest BCUT2D eigenvalue weighted by Crippen LogP contribution is 2.19. The number of carbonyl (C=O) groups excluding carboxylic acids is 2. The lowest BCUT2D eigenvalue weighted by Gasteiger charge is -2.20. The van der Waals surface area contributed by atoms with E-state index in [-0.39, 0.29) is 29.9 Å². The van der Waals surface area contributed by atoms with E-state index >= 15 is 0 Å². The van der Waals surface area contributed by atoms with Gasteiger partial charge in [-0.3, -0.25) is 9.59 Å². The summed E-state index contributed by atoms with van der Waals surface area (Å²) < 4.78 is 18.0. The van der Waals surface area contributed by atoms with Crippen LogP contribution in [-0.2, 0) is 9.59 Å². The molecule has 2 rings (SSSR count). The van der Waals surface area contributed by atoms with E-state index in [1.807, 2.05) is 6.92 Å². The van der Waals surface area contributed by atoms with Gasteiger partial charge in [-0.2, -0.15) is 0 Å². The fraction of sp³-hybridized carbons (Fsp3) is 0.263. The minimum atomic E-state index is -0.315. The second kappa shape index (κ2) is 9.82. The zero-order valence-corrected chi connectivity index (χ0v) is 15.5. The molecule has 0 fully saturated rings. The van der Waals surface area contributed by atoms with Crippen LogP contribution in [0.15, 0.2) is 53.4 Å². The topological polar surface area (TPSA) is 58.6 Å². The predicted molar refractivity (Wildman–Crippen MR) is 101 cm³/mol. The number of halogens is 1. The van der Waals surface area contributed by atoms with Gasteiger partial charge in [0, 0.05) is 23.2 Å². The summed E-state index contributed by atoms with van der Waals surface area (Å²) in [7, 11) is 1.55. The van der Waals surface area contributed by atoms with Crippen molar-refractivity contribution in [2.75, 3.05) is 31.3 Å². The first-order valence-corrected chi connectivity index (χ1v) is 9.10. The third-order valence-corrected chi connectivity index (χ3v) is 4.60. The number of amides is 2. The third-order valence-electron chi connectivity index (χ3n) is 3.60. The van der Waals surface area contributed by atoms with Crippen molar-refractivity contribution in [2.45, 2.75) is 11.8 Å². The number of carbonyl (C=O) groups is 2. The van der Waals surface area contributed by atoms with Gasteiger partial charge in [-0.1, -0.05) is 6.07 Å². The molecule has 0 spiro atoms. The van der Waals surface area contributed by atoms with E-state index in [1.165, 1.54) is 28.8 Å². The monoisotopic (exact) mass is 376 g/mol. The van der Waals surface area contributed by atoms with Gasteiger partial charge in [-0.25, -0.2) is 4.39 Å². The number of ether oxygens (including phenoxy) is 1. The summed E-state index contributed by atoms with van der Waals surface area (Å²) in [4.78, 5) is 26.8. The van der Waals surface area contributed by atoms with Crippen LogP contribution in [-0.4, -0.2) is 42.7 Å². The first-order chi connectivity index (χ1) is 12.5. The van der Waals surface area contributed by atoms with Gasteiger partial charge < -0.3 is 15.0 Å². The zero-order valence-electron chi connectivity index (χ0n) is 14.7. The summed E-state index contributed by atoms with van der Waals surface area (Å²) >= 11 is 1.31. The molecule has 0 aliphatic carbocycles. The first-order valence-electron chi connectivity index (χ1n) is 8.12. The molecule has 0 heterocycles. The summed E-state index contributed by atoms with van der Waals surface area (Å²) in [6.45, 7) is 2.21. The second-order valence-corrected chi connectivity index (χ2v) is 6.48. The fourth-order valence-corrected chi connectivity index (χ4v) is 3.02. The molecule has 0 atom stereocenters. The zero-order chi connectivity index (χ0) is 18.9. The van der Waals surface area contributed by atoms with Crippen molar-refractivity contribution < 1.29 is 18.7 Å². The molecule has 2 aromatic carbocycles. The summed E-state index contributed by atoms with van der Waals surface area (Å²) in [5.41, 5.74) is 0.610. The van der Waals surface area contributed by atoms with Crippen LogP contribution in [0, 0.1) is 5.82 Å². The fourth-order valence-electron chi connectivity index (χ4n) is 2.22. The van der Waals surface area contributed by atoms with Gasteiger partial charge in [0.05, 0.1) is 19.4 Å². The molecule has 7 heteroatoms. The van der Waals surface area contributed by atoms with Gasteiger partial charge in [0.15, 0.2) is 0 Å². The van der Waals surface area contributed by atoms with Crippen LogP contribution in [0.2, 0.25) is 0 Å². The van der Waals surface area contributed by atoms with Crippen LogP contribution in [0.25, 0.3) is 0 Å². The van der Waals surface area contributed by atoms with Crippen molar-refractivity contribution >= 4 is 29.3 Å². The highest BCUT2D eigenvalue weighted by atomic mass is 32.2. The Labute approximate surface area is 156 Å². The van der Waals surface area contributed by atoms with Crippen molar-refractivity contribution in [1.29, 1.82) is 0 Å². The number of thioether (sulfide) groups is 1. The Morgan fingerprint density at radius 2 is 1.92 bits per heavy atom. The quantitative estimate of drug-likeness (QED) is 0.718. The maximum atomic E-state index is 12.9. The van der Waals surface area contributed by atoms with Crippen molar-refractivity contribution in [3.05, 3.63) is 54.3 Å². The van der Waals surface area contributed by atoms with Crippen LogP contribution in [0.5, 0.6) is 5.75 Å². The molecule has 0 radical (unpaired) electrons. The number of rotatable bonds is 8. The van der Waals surface area contributed by atoms with Crippen molar-refractivity contribution in [1.82, 2.24) is 4.90 Å². The average Bonchev–Trinajstić information content (AvgIpc) is 2.65. The molecule has 138 valence electrons. The summed E-state index contributed by atoms with van der Waals surface area (Å²) in [6.07, 6.45) is 0. The molecule has 5 nitrogen and oxygen atoms in total. The number of methoxy groups -OCH3 is 1. The Morgan fingerprint density at radius 3 is 2.58 bits per heavy atom. The summed E-state index contributed by atoms with van der Waals surface area (Å²) in [5, 5.41) is 2.76. The van der Waals surface area contributed by atoms with Crippen LogP contribution < -0.4 is 10.1 Å². The van der Waals surface area contributed by atoms with E-state index < -0.39 is 0 Å². The lowest BCUT2D eigenvalue weighted by molar-refractivity contribution is -0.132.